The van der Waals surface area contributed by atoms with Crippen LogP contribution in [0.1, 0.15) is 21.5 Å². The van der Waals surface area contributed by atoms with Gasteiger partial charge in [0.1, 0.15) is 17.9 Å². The number of esters is 1. The predicted molar refractivity (Wildman–Crippen MR) is 147 cm³/mol. The van der Waals surface area contributed by atoms with Crippen molar-refractivity contribution in [2.75, 3.05) is 12.0 Å². The SMILES string of the molecule is COC(=O)c1ccc(N2C(=O)NC(=O)/C(=C\c3c(OCc4cccc(Cl)c4)ccc4ccccc34)C2=O)cc1. The summed E-state index contributed by atoms with van der Waals surface area (Å²) in [4.78, 5) is 51.7. The largest absolute Gasteiger partial charge is 0.488 e. The number of amides is 4. The highest BCUT2D eigenvalue weighted by molar-refractivity contribution is 6.39. The first-order valence-electron chi connectivity index (χ1n) is 11.8. The van der Waals surface area contributed by atoms with Crippen LogP contribution >= 0.6 is 11.6 Å². The number of hydrogen-bond donors (Lipinski definition) is 1. The lowest BCUT2D eigenvalue weighted by molar-refractivity contribution is -0.122. The van der Waals surface area contributed by atoms with Crippen molar-refractivity contribution in [3.05, 3.63) is 112 Å². The van der Waals surface area contributed by atoms with Crippen LogP contribution in [0.25, 0.3) is 16.8 Å². The van der Waals surface area contributed by atoms with Crippen LogP contribution in [0.4, 0.5) is 10.5 Å². The van der Waals surface area contributed by atoms with Crippen molar-refractivity contribution >= 4 is 58.0 Å². The second kappa shape index (κ2) is 10.8. The molecule has 4 aromatic rings. The van der Waals surface area contributed by atoms with E-state index in [1.807, 2.05) is 42.5 Å². The van der Waals surface area contributed by atoms with Gasteiger partial charge < -0.3 is 9.47 Å². The van der Waals surface area contributed by atoms with Gasteiger partial charge in [0, 0.05) is 10.6 Å². The molecule has 0 saturated carbocycles. The van der Waals surface area contributed by atoms with Gasteiger partial charge in [-0.2, -0.15) is 0 Å². The van der Waals surface area contributed by atoms with Crippen molar-refractivity contribution in [3.8, 4) is 5.75 Å². The highest BCUT2D eigenvalue weighted by Crippen LogP contribution is 2.32. The Labute approximate surface area is 228 Å². The number of benzene rings is 4. The molecule has 0 aliphatic carbocycles. The topological polar surface area (TPSA) is 102 Å². The van der Waals surface area contributed by atoms with Gasteiger partial charge in [-0.1, -0.05) is 54.1 Å². The molecule has 39 heavy (non-hydrogen) atoms. The molecular weight excluding hydrogens is 520 g/mol. The minimum Gasteiger partial charge on any atom is -0.488 e. The number of hydrogen-bond acceptors (Lipinski definition) is 6. The Morgan fingerprint density at radius 1 is 0.949 bits per heavy atom. The summed E-state index contributed by atoms with van der Waals surface area (Å²) in [5.41, 5.74) is 1.52. The smallest absolute Gasteiger partial charge is 0.337 e. The summed E-state index contributed by atoms with van der Waals surface area (Å²) >= 11 is 6.10. The zero-order valence-electron chi connectivity index (χ0n) is 20.6. The first-order chi connectivity index (χ1) is 18.9. The number of rotatable bonds is 6. The predicted octanol–water partition coefficient (Wildman–Crippen LogP) is 5.53. The van der Waals surface area contributed by atoms with Gasteiger partial charge in [-0.15, -0.1) is 0 Å². The Hall–Kier alpha value is -4.95. The van der Waals surface area contributed by atoms with Crippen LogP contribution in [0.5, 0.6) is 5.75 Å². The Morgan fingerprint density at radius 2 is 1.72 bits per heavy atom. The molecule has 0 bridgehead atoms. The maximum absolute atomic E-state index is 13.5. The van der Waals surface area contributed by atoms with E-state index >= 15 is 0 Å². The molecule has 8 nitrogen and oxygen atoms in total. The lowest BCUT2D eigenvalue weighted by Gasteiger charge is -2.26. The van der Waals surface area contributed by atoms with E-state index in [1.54, 1.807) is 18.2 Å². The van der Waals surface area contributed by atoms with Crippen LogP contribution < -0.4 is 15.0 Å². The Balaban J connectivity index is 1.55. The minimum atomic E-state index is -0.900. The highest BCUT2D eigenvalue weighted by atomic mass is 35.5. The third-order valence-electron chi connectivity index (χ3n) is 6.15. The molecule has 0 atom stereocenters. The van der Waals surface area contributed by atoms with Gasteiger partial charge in [0.25, 0.3) is 11.8 Å². The molecule has 1 aliphatic heterocycles. The summed E-state index contributed by atoms with van der Waals surface area (Å²) < 4.78 is 10.8. The number of methoxy groups -OCH3 is 1. The van der Waals surface area contributed by atoms with E-state index in [0.717, 1.165) is 21.2 Å². The monoisotopic (exact) mass is 540 g/mol. The lowest BCUT2D eigenvalue weighted by Crippen LogP contribution is -2.54. The molecule has 0 aromatic heterocycles. The maximum atomic E-state index is 13.5. The molecular formula is C30H21ClN2O6. The van der Waals surface area contributed by atoms with Crippen LogP contribution in [-0.4, -0.2) is 30.9 Å². The summed E-state index contributed by atoms with van der Waals surface area (Å²) in [5, 5.41) is 4.42. The van der Waals surface area contributed by atoms with Crippen LogP contribution in [0, 0.1) is 0 Å². The van der Waals surface area contributed by atoms with E-state index in [9.17, 15) is 19.2 Å². The molecule has 1 fully saturated rings. The van der Waals surface area contributed by atoms with Gasteiger partial charge in [0.2, 0.25) is 0 Å². The number of urea groups is 1. The standard InChI is InChI=1S/C30H21ClN2O6/c1-38-29(36)20-9-12-22(13-10-20)33-28(35)25(27(34)32-30(33)37)16-24-23-8-3-2-6-19(23)11-14-26(24)39-17-18-5-4-7-21(31)15-18/h2-16H,17H2,1H3,(H,32,34,37)/b25-16+. The number of barbiturate groups is 1. The normalized spacial score (nSPS) is 14.5. The van der Waals surface area contributed by atoms with Crippen molar-refractivity contribution in [2.45, 2.75) is 6.61 Å². The molecule has 1 heterocycles. The summed E-state index contributed by atoms with van der Waals surface area (Å²) in [6.45, 7) is 0.201. The molecule has 0 unspecified atom stereocenters. The molecule has 0 radical (unpaired) electrons. The van der Waals surface area contributed by atoms with Gasteiger partial charge in [0.05, 0.1) is 18.4 Å². The van der Waals surface area contributed by atoms with E-state index in [1.165, 1.54) is 37.5 Å². The van der Waals surface area contributed by atoms with E-state index < -0.39 is 23.8 Å². The van der Waals surface area contributed by atoms with Crippen molar-refractivity contribution < 1.29 is 28.7 Å². The van der Waals surface area contributed by atoms with Gasteiger partial charge in [-0.25, -0.2) is 14.5 Å². The number of anilines is 1. The lowest BCUT2D eigenvalue weighted by atomic mass is 9.99. The number of imide groups is 2. The van der Waals surface area contributed by atoms with Crippen molar-refractivity contribution in [3.63, 3.8) is 0 Å². The molecule has 0 spiro atoms. The summed E-state index contributed by atoms with van der Waals surface area (Å²) in [5.74, 6) is -1.77. The quantitative estimate of drug-likeness (QED) is 0.196. The zero-order chi connectivity index (χ0) is 27.5. The first-order valence-corrected chi connectivity index (χ1v) is 12.2. The first kappa shape index (κ1) is 25.7. The van der Waals surface area contributed by atoms with Crippen LogP contribution in [0.2, 0.25) is 5.02 Å². The Morgan fingerprint density at radius 3 is 2.46 bits per heavy atom. The number of carbonyl (C=O) groups is 4. The number of nitrogens with one attached hydrogen (secondary N) is 1. The van der Waals surface area contributed by atoms with E-state index in [4.69, 9.17) is 21.1 Å². The van der Waals surface area contributed by atoms with Gasteiger partial charge in [0.15, 0.2) is 0 Å². The van der Waals surface area contributed by atoms with Gasteiger partial charge >= 0.3 is 12.0 Å². The fraction of sp³-hybridized carbons (Fsp3) is 0.0667. The van der Waals surface area contributed by atoms with Crippen LogP contribution in [0.3, 0.4) is 0 Å². The molecule has 1 N–H and O–H groups in total. The van der Waals surface area contributed by atoms with Crippen LogP contribution in [0.15, 0.2) is 90.5 Å². The van der Waals surface area contributed by atoms with Gasteiger partial charge in [-0.05, 0) is 64.9 Å². The van der Waals surface area contributed by atoms with Gasteiger partial charge in [-0.3, -0.25) is 14.9 Å². The van der Waals surface area contributed by atoms with Crippen LogP contribution in [-0.2, 0) is 20.9 Å². The fourth-order valence-corrected chi connectivity index (χ4v) is 4.45. The molecule has 4 aromatic carbocycles. The second-order valence-corrected chi connectivity index (χ2v) is 9.05. The number of carbonyl (C=O) groups excluding carboxylic acids is 4. The maximum Gasteiger partial charge on any atom is 0.337 e. The minimum absolute atomic E-state index is 0.180. The average Bonchev–Trinajstić information content (AvgIpc) is 2.94. The molecule has 4 amide bonds. The third-order valence-corrected chi connectivity index (χ3v) is 6.39. The molecule has 9 heteroatoms. The molecule has 5 rings (SSSR count). The zero-order valence-corrected chi connectivity index (χ0v) is 21.4. The van der Waals surface area contributed by atoms with E-state index in [-0.39, 0.29) is 23.4 Å². The molecule has 1 aliphatic rings. The molecule has 194 valence electrons. The number of fused-ring (bicyclic) bond motifs is 1. The number of halogens is 1. The molecule has 1 saturated heterocycles. The summed E-state index contributed by atoms with van der Waals surface area (Å²) in [6, 6.07) is 23.2. The highest BCUT2D eigenvalue weighted by Gasteiger charge is 2.37. The Bertz CT molecular complexity index is 1660. The van der Waals surface area contributed by atoms with E-state index in [2.05, 4.69) is 5.32 Å². The average molecular weight is 541 g/mol. The fourth-order valence-electron chi connectivity index (χ4n) is 4.24. The second-order valence-electron chi connectivity index (χ2n) is 8.61. The van der Waals surface area contributed by atoms with Crippen molar-refractivity contribution in [2.24, 2.45) is 0 Å². The number of nitrogens with zero attached hydrogens (tertiary/aromatic N) is 1. The Kier molecular flexibility index (Phi) is 7.12. The third kappa shape index (κ3) is 5.23. The van der Waals surface area contributed by atoms with Crippen molar-refractivity contribution in [1.82, 2.24) is 5.32 Å². The summed E-state index contributed by atoms with van der Waals surface area (Å²) in [7, 11) is 1.25. The van der Waals surface area contributed by atoms with Crippen molar-refractivity contribution in [1.29, 1.82) is 0 Å². The van der Waals surface area contributed by atoms with E-state index in [0.29, 0.717) is 16.3 Å². The number of ether oxygens (including phenoxy) is 2. The summed E-state index contributed by atoms with van der Waals surface area (Å²) in [6.07, 6.45) is 1.43.